The van der Waals surface area contributed by atoms with Crippen LogP contribution in [0.25, 0.3) is 10.6 Å². The Morgan fingerprint density at radius 3 is 2.92 bits per heavy atom. The number of halogens is 1. The van der Waals surface area contributed by atoms with Gasteiger partial charge in [0.1, 0.15) is 10.8 Å². The van der Waals surface area contributed by atoms with Crippen LogP contribution in [0.4, 0.5) is 9.18 Å². The highest BCUT2D eigenvalue weighted by molar-refractivity contribution is 7.14. The zero-order valence-electron chi connectivity index (χ0n) is 13.8. The number of benzene rings is 1. The molecule has 0 spiro atoms. The fourth-order valence-corrected chi connectivity index (χ4v) is 3.84. The topological polar surface area (TPSA) is 58.1 Å². The van der Waals surface area contributed by atoms with Crippen molar-refractivity contribution in [1.29, 1.82) is 0 Å². The molecule has 1 aromatic heterocycles. The molecule has 0 aliphatic carbocycles. The molecule has 1 aliphatic heterocycles. The Morgan fingerprint density at radius 2 is 2.17 bits per heavy atom. The van der Waals surface area contributed by atoms with E-state index >= 15 is 0 Å². The van der Waals surface area contributed by atoms with Gasteiger partial charge in [-0.15, -0.1) is 10.2 Å². The fraction of sp³-hybridized carbons (Fsp3) is 0.471. The van der Waals surface area contributed by atoms with Gasteiger partial charge in [0.25, 0.3) is 0 Å². The molecule has 24 heavy (non-hydrogen) atoms. The molecular weight excluding hydrogens is 327 g/mol. The minimum absolute atomic E-state index is 0.0338. The van der Waals surface area contributed by atoms with Gasteiger partial charge in [0.05, 0.1) is 0 Å². The van der Waals surface area contributed by atoms with Crippen molar-refractivity contribution in [2.75, 3.05) is 13.1 Å². The highest BCUT2D eigenvalue weighted by Gasteiger charge is 2.27. The lowest BCUT2D eigenvalue weighted by molar-refractivity contribution is 0.177. The third-order valence-corrected chi connectivity index (χ3v) is 5.13. The highest BCUT2D eigenvalue weighted by atomic mass is 32.1. The van der Waals surface area contributed by atoms with E-state index in [2.05, 4.69) is 15.5 Å². The van der Waals surface area contributed by atoms with E-state index in [1.165, 1.54) is 17.4 Å². The molecule has 1 fully saturated rings. The zero-order chi connectivity index (χ0) is 17.1. The molecule has 1 aliphatic rings. The van der Waals surface area contributed by atoms with E-state index < -0.39 is 0 Å². The Labute approximate surface area is 144 Å². The molecule has 3 rings (SSSR count). The van der Waals surface area contributed by atoms with E-state index in [-0.39, 0.29) is 23.8 Å². The van der Waals surface area contributed by atoms with Crippen LogP contribution in [0.1, 0.15) is 37.6 Å². The maximum atomic E-state index is 13.9. The average Bonchev–Trinajstić information content (AvgIpc) is 3.04. The number of nitrogens with one attached hydrogen (secondary N) is 1. The molecule has 1 N–H and O–H groups in total. The zero-order valence-corrected chi connectivity index (χ0v) is 14.6. The molecular formula is C17H21FN4OS. The third-order valence-electron chi connectivity index (χ3n) is 4.01. The van der Waals surface area contributed by atoms with Crippen LogP contribution < -0.4 is 5.32 Å². The van der Waals surface area contributed by atoms with Gasteiger partial charge in [-0.3, -0.25) is 0 Å². The number of aromatic nitrogens is 2. The number of rotatable bonds is 3. The molecule has 1 saturated heterocycles. The molecule has 7 heteroatoms. The number of hydrogen-bond donors (Lipinski definition) is 1. The summed E-state index contributed by atoms with van der Waals surface area (Å²) in [6, 6.07) is 6.67. The van der Waals surface area contributed by atoms with Gasteiger partial charge in [0, 0.05) is 30.6 Å². The number of carbonyl (C=O) groups excluding carboxylic acids is 1. The molecule has 0 saturated carbocycles. The van der Waals surface area contributed by atoms with Crippen molar-refractivity contribution in [2.24, 2.45) is 0 Å². The Kier molecular flexibility index (Phi) is 5.08. The van der Waals surface area contributed by atoms with Gasteiger partial charge in [-0.2, -0.15) is 0 Å². The normalized spacial score (nSPS) is 18.0. The summed E-state index contributed by atoms with van der Waals surface area (Å²) >= 11 is 1.41. The largest absolute Gasteiger partial charge is 0.336 e. The first-order valence-corrected chi connectivity index (χ1v) is 9.00. The van der Waals surface area contributed by atoms with Gasteiger partial charge in [0.2, 0.25) is 0 Å². The molecule has 2 heterocycles. The highest BCUT2D eigenvalue weighted by Crippen LogP contribution is 2.33. The van der Waals surface area contributed by atoms with E-state index in [9.17, 15) is 9.18 Å². The summed E-state index contributed by atoms with van der Waals surface area (Å²) in [5.74, 6) is -0.128. The Hall–Kier alpha value is -2.02. The number of urea groups is 1. The number of piperidine rings is 1. The second kappa shape index (κ2) is 7.25. The van der Waals surface area contributed by atoms with Crippen LogP contribution in [0, 0.1) is 5.82 Å². The van der Waals surface area contributed by atoms with Crippen LogP contribution in [0.3, 0.4) is 0 Å². The fourth-order valence-electron chi connectivity index (χ4n) is 2.84. The lowest BCUT2D eigenvalue weighted by Gasteiger charge is -2.32. The van der Waals surface area contributed by atoms with Gasteiger partial charge >= 0.3 is 6.03 Å². The maximum Gasteiger partial charge on any atom is 0.317 e. The average molecular weight is 348 g/mol. The molecule has 2 amide bonds. The summed E-state index contributed by atoms with van der Waals surface area (Å²) in [6.07, 6.45) is 1.90. The molecule has 0 unspecified atom stereocenters. The summed E-state index contributed by atoms with van der Waals surface area (Å²) in [5, 5.41) is 12.8. The number of hydrogen-bond acceptors (Lipinski definition) is 4. The van der Waals surface area contributed by atoms with Crippen molar-refractivity contribution in [1.82, 2.24) is 20.4 Å². The first-order chi connectivity index (χ1) is 11.5. The van der Waals surface area contributed by atoms with E-state index in [1.807, 2.05) is 18.7 Å². The summed E-state index contributed by atoms with van der Waals surface area (Å²) < 4.78 is 13.9. The molecule has 0 radical (unpaired) electrons. The van der Waals surface area contributed by atoms with Crippen molar-refractivity contribution in [3.8, 4) is 10.6 Å². The molecule has 1 aromatic carbocycles. The first-order valence-electron chi connectivity index (χ1n) is 8.18. The van der Waals surface area contributed by atoms with Gasteiger partial charge in [-0.25, -0.2) is 9.18 Å². The van der Waals surface area contributed by atoms with Crippen LogP contribution >= 0.6 is 11.3 Å². The number of amides is 2. The minimum atomic E-state index is -0.290. The predicted molar refractivity (Wildman–Crippen MR) is 92.5 cm³/mol. The van der Waals surface area contributed by atoms with Crippen LogP contribution in [-0.2, 0) is 0 Å². The first kappa shape index (κ1) is 16.8. The van der Waals surface area contributed by atoms with E-state index in [4.69, 9.17) is 0 Å². The van der Waals surface area contributed by atoms with Crippen LogP contribution in [0.15, 0.2) is 24.3 Å². The molecule has 1 atom stereocenters. The Balaban J connectivity index is 1.73. The SMILES string of the molecule is CC(C)NC(=O)N1CCC[C@H](c2nnc(-c3ccccc3F)s2)C1. The Morgan fingerprint density at radius 1 is 1.38 bits per heavy atom. The monoisotopic (exact) mass is 348 g/mol. The third kappa shape index (κ3) is 3.72. The lowest BCUT2D eigenvalue weighted by atomic mass is 9.99. The van der Waals surface area contributed by atoms with Crippen molar-refractivity contribution in [2.45, 2.75) is 38.6 Å². The van der Waals surface area contributed by atoms with Gasteiger partial charge in [0.15, 0.2) is 5.01 Å². The Bertz CT molecular complexity index is 718. The number of likely N-dealkylation sites (tertiary alicyclic amines) is 1. The molecule has 2 aromatic rings. The van der Waals surface area contributed by atoms with Gasteiger partial charge < -0.3 is 10.2 Å². The quantitative estimate of drug-likeness (QED) is 0.921. The van der Waals surface area contributed by atoms with Crippen molar-refractivity contribution >= 4 is 17.4 Å². The molecule has 128 valence electrons. The summed E-state index contributed by atoms with van der Waals surface area (Å²) in [5.41, 5.74) is 0.478. The second-order valence-corrected chi connectivity index (χ2v) is 7.32. The van der Waals surface area contributed by atoms with E-state index in [0.717, 1.165) is 24.4 Å². The summed E-state index contributed by atoms with van der Waals surface area (Å²) in [4.78, 5) is 14.0. The standard InChI is InChI=1S/C17H21FN4OS/c1-11(2)19-17(23)22-9-5-6-12(10-22)15-20-21-16(24-15)13-7-3-4-8-14(13)18/h3-4,7-8,11-12H,5-6,9-10H2,1-2H3,(H,19,23)/t12-/m0/s1. The van der Waals surface area contributed by atoms with Crippen molar-refractivity contribution in [3.05, 3.63) is 35.1 Å². The van der Waals surface area contributed by atoms with Crippen LogP contribution in [0.5, 0.6) is 0 Å². The smallest absolute Gasteiger partial charge is 0.317 e. The van der Waals surface area contributed by atoms with E-state index in [1.54, 1.807) is 18.2 Å². The van der Waals surface area contributed by atoms with Crippen molar-refractivity contribution in [3.63, 3.8) is 0 Å². The minimum Gasteiger partial charge on any atom is -0.336 e. The second-order valence-electron chi connectivity index (χ2n) is 6.31. The summed E-state index contributed by atoms with van der Waals surface area (Å²) in [6.45, 7) is 5.29. The van der Waals surface area contributed by atoms with Crippen LogP contribution in [-0.4, -0.2) is 40.3 Å². The molecule has 0 bridgehead atoms. The number of nitrogens with zero attached hydrogens (tertiary/aromatic N) is 3. The van der Waals surface area contributed by atoms with Crippen molar-refractivity contribution < 1.29 is 9.18 Å². The summed E-state index contributed by atoms with van der Waals surface area (Å²) in [7, 11) is 0. The number of carbonyl (C=O) groups is 1. The van der Waals surface area contributed by atoms with Gasteiger partial charge in [-0.1, -0.05) is 23.5 Å². The predicted octanol–water partition coefficient (Wildman–Crippen LogP) is 3.64. The van der Waals surface area contributed by atoms with Crippen LogP contribution in [0.2, 0.25) is 0 Å². The maximum absolute atomic E-state index is 13.9. The molecule has 5 nitrogen and oxygen atoms in total. The van der Waals surface area contributed by atoms with Gasteiger partial charge in [-0.05, 0) is 38.8 Å². The lowest BCUT2D eigenvalue weighted by Crippen LogP contribution is -2.46. The van der Waals surface area contributed by atoms with E-state index in [0.29, 0.717) is 17.1 Å².